The summed E-state index contributed by atoms with van der Waals surface area (Å²) >= 11 is 13.3. The first-order valence-corrected chi connectivity index (χ1v) is 11.6. The molecule has 152 valence electrons. The van der Waals surface area contributed by atoms with Crippen molar-refractivity contribution in [2.45, 2.75) is 63.6 Å². The summed E-state index contributed by atoms with van der Waals surface area (Å²) in [4.78, 5) is 12.3. The van der Waals surface area contributed by atoms with Crippen molar-refractivity contribution >= 4 is 46.6 Å². The zero-order valence-corrected chi connectivity index (χ0v) is 18.4. The molecule has 1 aliphatic rings. The van der Waals surface area contributed by atoms with Gasteiger partial charge < -0.3 is 9.88 Å². The first-order chi connectivity index (χ1) is 13.5. The van der Waals surface area contributed by atoms with Gasteiger partial charge in [0.15, 0.2) is 5.16 Å². The van der Waals surface area contributed by atoms with E-state index in [0.717, 1.165) is 29.9 Å². The number of aryl methyl sites for hydroxylation is 1. The third-order valence-electron chi connectivity index (χ3n) is 5.09. The molecule has 1 aromatic heterocycles. The lowest BCUT2D eigenvalue weighted by molar-refractivity contribution is -0.113. The van der Waals surface area contributed by atoms with Crippen LogP contribution in [0.15, 0.2) is 23.4 Å². The van der Waals surface area contributed by atoms with Crippen molar-refractivity contribution in [3.05, 3.63) is 34.1 Å². The Bertz CT molecular complexity index is 785. The summed E-state index contributed by atoms with van der Waals surface area (Å²) in [6, 6.07) is 4.98. The lowest BCUT2D eigenvalue weighted by atomic mass is 9.86. The molecule has 0 unspecified atom stereocenters. The Morgan fingerprint density at radius 3 is 2.57 bits per heavy atom. The molecule has 1 amide bonds. The number of amides is 1. The van der Waals surface area contributed by atoms with Gasteiger partial charge in [-0.1, -0.05) is 67.1 Å². The number of nitrogens with one attached hydrogen (secondary N) is 1. The van der Waals surface area contributed by atoms with Gasteiger partial charge >= 0.3 is 0 Å². The van der Waals surface area contributed by atoms with Crippen LogP contribution in [0.25, 0.3) is 0 Å². The minimum atomic E-state index is -0.127. The van der Waals surface area contributed by atoms with E-state index >= 15 is 0 Å². The smallest absolute Gasteiger partial charge is 0.234 e. The molecular formula is C20H26Cl2N4OS. The SMILES string of the molecule is CCn1c(CCC2CCCCC2)nnc1SCC(=O)Nc1cc(Cl)cc(Cl)c1. The number of halogens is 2. The van der Waals surface area contributed by atoms with Gasteiger partial charge in [-0.25, -0.2) is 0 Å². The fourth-order valence-corrected chi connectivity index (χ4v) is 5.04. The lowest BCUT2D eigenvalue weighted by Crippen LogP contribution is -2.15. The van der Waals surface area contributed by atoms with Crippen LogP contribution in [0, 0.1) is 5.92 Å². The van der Waals surface area contributed by atoms with Crippen molar-refractivity contribution in [1.29, 1.82) is 0 Å². The van der Waals surface area contributed by atoms with Gasteiger partial charge in [-0.15, -0.1) is 10.2 Å². The molecule has 1 aliphatic carbocycles. The predicted molar refractivity (Wildman–Crippen MR) is 116 cm³/mol. The van der Waals surface area contributed by atoms with Crippen LogP contribution in [0.3, 0.4) is 0 Å². The molecule has 0 saturated heterocycles. The second-order valence-corrected chi connectivity index (χ2v) is 9.00. The van der Waals surface area contributed by atoms with Gasteiger partial charge in [0.2, 0.25) is 5.91 Å². The Morgan fingerprint density at radius 2 is 1.89 bits per heavy atom. The molecule has 2 aromatic rings. The van der Waals surface area contributed by atoms with E-state index in [4.69, 9.17) is 23.2 Å². The molecular weight excluding hydrogens is 415 g/mol. The fourth-order valence-electron chi connectivity index (χ4n) is 3.69. The van der Waals surface area contributed by atoms with Gasteiger partial charge in [0.05, 0.1) is 5.75 Å². The van der Waals surface area contributed by atoms with Gasteiger partial charge in [0.1, 0.15) is 5.82 Å². The molecule has 0 radical (unpaired) electrons. The summed E-state index contributed by atoms with van der Waals surface area (Å²) in [6.45, 7) is 2.90. The van der Waals surface area contributed by atoms with Crippen LogP contribution in [0.2, 0.25) is 10.0 Å². The average Bonchev–Trinajstić information content (AvgIpc) is 3.06. The first-order valence-electron chi connectivity index (χ1n) is 9.86. The quantitative estimate of drug-likeness (QED) is 0.522. The highest BCUT2D eigenvalue weighted by molar-refractivity contribution is 7.99. The second-order valence-electron chi connectivity index (χ2n) is 7.18. The molecule has 0 atom stereocenters. The van der Waals surface area contributed by atoms with E-state index in [9.17, 15) is 4.79 Å². The molecule has 3 rings (SSSR count). The summed E-state index contributed by atoms with van der Waals surface area (Å²) in [7, 11) is 0. The zero-order chi connectivity index (χ0) is 19.9. The molecule has 0 spiro atoms. The van der Waals surface area contributed by atoms with Crippen LogP contribution in [-0.2, 0) is 17.8 Å². The average molecular weight is 441 g/mol. The molecule has 0 bridgehead atoms. The number of benzene rings is 1. The van der Waals surface area contributed by atoms with Gasteiger partial charge in [-0.05, 0) is 37.5 Å². The van der Waals surface area contributed by atoms with E-state index in [1.807, 2.05) is 0 Å². The maximum atomic E-state index is 12.3. The van der Waals surface area contributed by atoms with E-state index < -0.39 is 0 Å². The van der Waals surface area contributed by atoms with E-state index in [1.54, 1.807) is 18.2 Å². The van der Waals surface area contributed by atoms with Crippen molar-refractivity contribution < 1.29 is 4.79 Å². The number of thioether (sulfide) groups is 1. The molecule has 1 heterocycles. The largest absolute Gasteiger partial charge is 0.325 e. The van der Waals surface area contributed by atoms with Crippen molar-refractivity contribution in [3.8, 4) is 0 Å². The van der Waals surface area contributed by atoms with Crippen molar-refractivity contribution in [3.63, 3.8) is 0 Å². The van der Waals surface area contributed by atoms with Crippen LogP contribution >= 0.6 is 35.0 Å². The Hall–Kier alpha value is -1.24. The fraction of sp³-hybridized carbons (Fsp3) is 0.550. The van der Waals surface area contributed by atoms with Gasteiger partial charge in [0.25, 0.3) is 0 Å². The maximum Gasteiger partial charge on any atom is 0.234 e. The monoisotopic (exact) mass is 440 g/mol. The number of hydrogen-bond donors (Lipinski definition) is 1. The number of anilines is 1. The van der Waals surface area contributed by atoms with Crippen LogP contribution in [0.5, 0.6) is 0 Å². The lowest BCUT2D eigenvalue weighted by Gasteiger charge is -2.21. The van der Waals surface area contributed by atoms with E-state index in [0.29, 0.717) is 15.7 Å². The molecule has 8 heteroatoms. The highest BCUT2D eigenvalue weighted by Crippen LogP contribution is 2.28. The molecule has 1 aromatic carbocycles. The minimum absolute atomic E-state index is 0.127. The van der Waals surface area contributed by atoms with Crippen molar-refractivity contribution in [1.82, 2.24) is 14.8 Å². The number of nitrogens with zero attached hydrogens (tertiary/aromatic N) is 3. The highest BCUT2D eigenvalue weighted by atomic mass is 35.5. The summed E-state index contributed by atoms with van der Waals surface area (Å²) in [5.41, 5.74) is 0.591. The standard InChI is InChI=1S/C20H26Cl2N4OS/c1-2-26-18(9-8-14-6-4-3-5-7-14)24-25-20(26)28-13-19(27)23-17-11-15(21)10-16(22)12-17/h10-12,14H,2-9,13H2,1H3,(H,23,27). The van der Waals surface area contributed by atoms with Crippen LogP contribution < -0.4 is 5.32 Å². The highest BCUT2D eigenvalue weighted by Gasteiger charge is 2.17. The molecule has 28 heavy (non-hydrogen) atoms. The summed E-state index contributed by atoms with van der Waals surface area (Å²) in [5.74, 6) is 1.97. The van der Waals surface area contributed by atoms with Gasteiger partial charge in [-0.3, -0.25) is 4.79 Å². The number of rotatable bonds is 8. The molecule has 5 nitrogen and oxygen atoms in total. The van der Waals surface area contributed by atoms with Crippen LogP contribution in [-0.4, -0.2) is 26.4 Å². The summed E-state index contributed by atoms with van der Waals surface area (Å²) in [5, 5.41) is 13.3. The van der Waals surface area contributed by atoms with Gasteiger partial charge in [-0.2, -0.15) is 0 Å². The molecule has 1 fully saturated rings. The van der Waals surface area contributed by atoms with Crippen LogP contribution in [0.1, 0.15) is 51.3 Å². The Labute approximate surface area is 180 Å². The van der Waals surface area contributed by atoms with Gasteiger partial charge in [0, 0.05) is 28.7 Å². The van der Waals surface area contributed by atoms with Crippen LogP contribution in [0.4, 0.5) is 5.69 Å². The molecule has 1 N–H and O–H groups in total. The predicted octanol–water partition coefficient (Wildman–Crippen LogP) is 5.85. The topological polar surface area (TPSA) is 59.8 Å². The minimum Gasteiger partial charge on any atom is -0.325 e. The number of aromatic nitrogens is 3. The van der Waals surface area contributed by atoms with Crippen molar-refractivity contribution in [2.75, 3.05) is 11.1 Å². The Balaban J connectivity index is 1.53. The Morgan fingerprint density at radius 1 is 1.18 bits per heavy atom. The van der Waals surface area contributed by atoms with E-state index in [2.05, 4.69) is 27.0 Å². The number of carbonyl (C=O) groups excluding carboxylic acids is 1. The maximum absolute atomic E-state index is 12.3. The summed E-state index contributed by atoms with van der Waals surface area (Å²) < 4.78 is 2.12. The van der Waals surface area contributed by atoms with E-state index in [-0.39, 0.29) is 11.7 Å². The first kappa shape index (κ1) is 21.5. The van der Waals surface area contributed by atoms with Crippen molar-refractivity contribution in [2.24, 2.45) is 5.92 Å². The normalized spacial score (nSPS) is 15.0. The molecule has 1 saturated carbocycles. The number of carbonyl (C=O) groups is 1. The molecule has 0 aliphatic heterocycles. The zero-order valence-electron chi connectivity index (χ0n) is 16.1. The summed E-state index contributed by atoms with van der Waals surface area (Å²) in [6.07, 6.45) is 8.92. The number of hydrogen-bond acceptors (Lipinski definition) is 4. The van der Waals surface area contributed by atoms with E-state index in [1.165, 1.54) is 50.3 Å². The third kappa shape index (κ3) is 6.13. The Kier molecular flexibility index (Phi) is 8.06. The second kappa shape index (κ2) is 10.5. The third-order valence-corrected chi connectivity index (χ3v) is 6.49.